The van der Waals surface area contributed by atoms with Gasteiger partial charge in [-0.2, -0.15) is 0 Å². The molecule has 0 bridgehead atoms. The van der Waals surface area contributed by atoms with Crippen molar-refractivity contribution < 1.29 is 4.79 Å². The third-order valence-corrected chi connectivity index (χ3v) is 4.75. The maximum absolute atomic E-state index is 12.1. The summed E-state index contributed by atoms with van der Waals surface area (Å²) in [5.74, 6) is -0.0950. The van der Waals surface area contributed by atoms with Gasteiger partial charge in [0.15, 0.2) is 5.13 Å². The van der Waals surface area contributed by atoms with Crippen LogP contribution >= 0.6 is 11.3 Å². The molecule has 1 aliphatic heterocycles. The van der Waals surface area contributed by atoms with Crippen LogP contribution in [0.25, 0.3) is 0 Å². The van der Waals surface area contributed by atoms with Crippen molar-refractivity contribution in [1.29, 1.82) is 0 Å². The lowest BCUT2D eigenvalue weighted by Gasteiger charge is -2.29. The lowest BCUT2D eigenvalue weighted by Crippen LogP contribution is -2.35. The zero-order valence-corrected chi connectivity index (χ0v) is 13.1. The Morgan fingerprint density at radius 1 is 1.33 bits per heavy atom. The number of aromatic nitrogens is 1. The van der Waals surface area contributed by atoms with Gasteiger partial charge in [-0.1, -0.05) is 18.2 Å². The van der Waals surface area contributed by atoms with Crippen LogP contribution in [0.4, 0.5) is 5.13 Å². The molecule has 1 aromatic carbocycles. The topological polar surface area (TPSA) is 45.2 Å². The number of rotatable bonds is 3. The van der Waals surface area contributed by atoms with Crippen molar-refractivity contribution in [3.05, 3.63) is 46.5 Å². The standard InChI is InChI=1S/C16H19N3OS/c1-11(2)19-9-8-13-14(10-19)21-16(17-13)18-15(20)12-6-4-3-5-7-12/h3-7,11H,8-10H2,1-2H3,(H,17,18,20). The summed E-state index contributed by atoms with van der Waals surface area (Å²) in [6, 6.07) is 9.79. The first-order valence-corrected chi connectivity index (χ1v) is 8.04. The molecule has 2 heterocycles. The summed E-state index contributed by atoms with van der Waals surface area (Å²) in [6.07, 6.45) is 0.964. The lowest BCUT2D eigenvalue weighted by molar-refractivity contribution is 0.102. The van der Waals surface area contributed by atoms with E-state index in [1.54, 1.807) is 11.3 Å². The molecular formula is C16H19N3OS. The van der Waals surface area contributed by atoms with Crippen molar-refractivity contribution in [3.8, 4) is 0 Å². The van der Waals surface area contributed by atoms with Crippen molar-refractivity contribution in [1.82, 2.24) is 9.88 Å². The number of hydrogen-bond donors (Lipinski definition) is 1. The molecular weight excluding hydrogens is 282 g/mol. The summed E-state index contributed by atoms with van der Waals surface area (Å²) in [7, 11) is 0. The van der Waals surface area contributed by atoms with Gasteiger partial charge in [0, 0.05) is 36.0 Å². The van der Waals surface area contributed by atoms with E-state index in [4.69, 9.17) is 0 Å². The molecule has 0 saturated heterocycles. The van der Waals surface area contributed by atoms with Gasteiger partial charge in [0.05, 0.1) is 5.69 Å². The average Bonchev–Trinajstić information content (AvgIpc) is 2.89. The Kier molecular flexibility index (Phi) is 4.03. The highest BCUT2D eigenvalue weighted by Crippen LogP contribution is 2.29. The lowest BCUT2D eigenvalue weighted by atomic mass is 10.1. The van der Waals surface area contributed by atoms with Crippen molar-refractivity contribution in [2.75, 3.05) is 11.9 Å². The minimum absolute atomic E-state index is 0.0950. The Hall–Kier alpha value is -1.72. The molecule has 0 spiro atoms. The van der Waals surface area contributed by atoms with E-state index in [1.165, 1.54) is 4.88 Å². The van der Waals surface area contributed by atoms with Gasteiger partial charge in [0.2, 0.25) is 0 Å². The normalized spacial score (nSPS) is 15.0. The molecule has 1 N–H and O–H groups in total. The fourth-order valence-electron chi connectivity index (χ4n) is 2.47. The van der Waals surface area contributed by atoms with Gasteiger partial charge in [0.1, 0.15) is 0 Å². The number of carbonyl (C=O) groups excluding carboxylic acids is 1. The SMILES string of the molecule is CC(C)N1CCc2nc(NC(=O)c3ccccc3)sc2C1. The van der Waals surface area contributed by atoms with Crippen LogP contribution in [0, 0.1) is 0 Å². The minimum Gasteiger partial charge on any atom is -0.298 e. The minimum atomic E-state index is -0.0950. The van der Waals surface area contributed by atoms with Gasteiger partial charge in [-0.05, 0) is 26.0 Å². The number of amides is 1. The van der Waals surface area contributed by atoms with Gasteiger partial charge in [-0.3, -0.25) is 15.0 Å². The van der Waals surface area contributed by atoms with E-state index in [-0.39, 0.29) is 5.91 Å². The van der Waals surface area contributed by atoms with E-state index < -0.39 is 0 Å². The predicted molar refractivity (Wildman–Crippen MR) is 85.8 cm³/mol. The molecule has 2 aromatic rings. The third-order valence-electron chi connectivity index (χ3n) is 3.75. The number of thiazole rings is 1. The summed E-state index contributed by atoms with van der Waals surface area (Å²) >= 11 is 1.59. The van der Waals surface area contributed by atoms with E-state index in [0.29, 0.717) is 16.7 Å². The van der Waals surface area contributed by atoms with Gasteiger partial charge in [-0.15, -0.1) is 11.3 Å². The first-order chi connectivity index (χ1) is 10.1. The van der Waals surface area contributed by atoms with Crippen LogP contribution in [0.1, 0.15) is 34.8 Å². The molecule has 1 aromatic heterocycles. The third kappa shape index (κ3) is 3.14. The van der Waals surface area contributed by atoms with E-state index >= 15 is 0 Å². The Bertz CT molecular complexity index is 636. The average molecular weight is 301 g/mol. The maximum atomic E-state index is 12.1. The molecule has 0 fully saturated rings. The largest absolute Gasteiger partial charge is 0.298 e. The fraction of sp³-hybridized carbons (Fsp3) is 0.375. The second-order valence-electron chi connectivity index (χ2n) is 5.52. The summed E-state index contributed by atoms with van der Waals surface area (Å²) in [6.45, 7) is 6.40. The van der Waals surface area contributed by atoms with Gasteiger partial charge >= 0.3 is 0 Å². The van der Waals surface area contributed by atoms with Crippen molar-refractivity contribution >= 4 is 22.4 Å². The number of nitrogens with zero attached hydrogens (tertiary/aromatic N) is 2. The quantitative estimate of drug-likeness (QED) is 0.947. The Morgan fingerprint density at radius 2 is 2.10 bits per heavy atom. The maximum Gasteiger partial charge on any atom is 0.257 e. The predicted octanol–water partition coefficient (Wildman–Crippen LogP) is 3.16. The molecule has 1 amide bonds. The second kappa shape index (κ2) is 5.95. The number of nitrogens with one attached hydrogen (secondary N) is 1. The number of hydrogen-bond acceptors (Lipinski definition) is 4. The zero-order valence-electron chi connectivity index (χ0n) is 12.3. The van der Waals surface area contributed by atoms with E-state index in [1.807, 2.05) is 30.3 Å². The van der Waals surface area contributed by atoms with E-state index in [2.05, 4.69) is 29.0 Å². The molecule has 21 heavy (non-hydrogen) atoms. The first-order valence-electron chi connectivity index (χ1n) is 7.22. The summed E-state index contributed by atoms with van der Waals surface area (Å²) in [5, 5.41) is 3.62. The van der Waals surface area contributed by atoms with Crippen LogP contribution in [-0.4, -0.2) is 28.4 Å². The van der Waals surface area contributed by atoms with Crippen molar-refractivity contribution in [3.63, 3.8) is 0 Å². The smallest absolute Gasteiger partial charge is 0.257 e. The number of carbonyl (C=O) groups is 1. The van der Waals surface area contributed by atoms with Crippen molar-refractivity contribution in [2.24, 2.45) is 0 Å². The number of fused-ring (bicyclic) bond motifs is 1. The highest BCUT2D eigenvalue weighted by molar-refractivity contribution is 7.15. The van der Waals surface area contributed by atoms with E-state index in [9.17, 15) is 4.79 Å². The molecule has 0 aliphatic carbocycles. The highest BCUT2D eigenvalue weighted by atomic mass is 32.1. The summed E-state index contributed by atoms with van der Waals surface area (Å²) in [4.78, 5) is 20.4. The Balaban J connectivity index is 1.73. The van der Waals surface area contributed by atoms with Crippen molar-refractivity contribution in [2.45, 2.75) is 32.9 Å². The molecule has 4 nitrogen and oxygen atoms in total. The van der Waals surface area contributed by atoms with Crippen LogP contribution in [-0.2, 0) is 13.0 Å². The van der Waals surface area contributed by atoms with Crippen LogP contribution < -0.4 is 5.32 Å². The summed E-state index contributed by atoms with van der Waals surface area (Å²) in [5.41, 5.74) is 1.80. The zero-order chi connectivity index (χ0) is 14.8. The van der Waals surface area contributed by atoms with Crippen LogP contribution in [0.5, 0.6) is 0 Å². The molecule has 110 valence electrons. The van der Waals surface area contributed by atoms with Crippen LogP contribution in [0.15, 0.2) is 30.3 Å². The fourth-order valence-corrected chi connectivity index (χ4v) is 3.50. The second-order valence-corrected chi connectivity index (χ2v) is 6.61. The van der Waals surface area contributed by atoms with E-state index in [0.717, 1.165) is 25.2 Å². The molecule has 0 unspecified atom stereocenters. The Labute approximate surface area is 128 Å². The first kappa shape index (κ1) is 14.2. The molecule has 0 radical (unpaired) electrons. The molecule has 0 atom stereocenters. The Morgan fingerprint density at radius 3 is 2.81 bits per heavy atom. The summed E-state index contributed by atoms with van der Waals surface area (Å²) < 4.78 is 0. The molecule has 5 heteroatoms. The van der Waals surface area contributed by atoms with Gasteiger partial charge in [0.25, 0.3) is 5.91 Å². The van der Waals surface area contributed by atoms with Crippen LogP contribution in [0.2, 0.25) is 0 Å². The monoisotopic (exact) mass is 301 g/mol. The molecule has 3 rings (SSSR count). The van der Waals surface area contributed by atoms with Gasteiger partial charge in [-0.25, -0.2) is 4.98 Å². The highest BCUT2D eigenvalue weighted by Gasteiger charge is 2.22. The number of benzene rings is 1. The molecule has 1 aliphatic rings. The van der Waals surface area contributed by atoms with Crippen LogP contribution in [0.3, 0.4) is 0 Å². The number of anilines is 1. The molecule has 0 saturated carbocycles. The van der Waals surface area contributed by atoms with Gasteiger partial charge < -0.3 is 0 Å².